The fraction of sp³-hybridized carbons (Fsp3) is 0.267. The van der Waals surface area contributed by atoms with Gasteiger partial charge in [-0.15, -0.1) is 13.2 Å². The van der Waals surface area contributed by atoms with Crippen LogP contribution in [0.3, 0.4) is 0 Å². The molecule has 2 heteroatoms. The van der Waals surface area contributed by atoms with Crippen LogP contribution >= 0.6 is 0 Å². The highest BCUT2D eigenvalue weighted by molar-refractivity contribution is 5.28. The van der Waals surface area contributed by atoms with Crippen LogP contribution in [-0.2, 0) is 6.42 Å². The lowest BCUT2D eigenvalue weighted by molar-refractivity contribution is 0.131. The van der Waals surface area contributed by atoms with Gasteiger partial charge in [-0.2, -0.15) is 0 Å². The van der Waals surface area contributed by atoms with Crippen LogP contribution in [-0.4, -0.2) is 17.8 Å². The number of benzene rings is 1. The molecule has 1 rings (SSSR count). The van der Waals surface area contributed by atoms with Crippen LogP contribution < -0.4 is 4.74 Å². The van der Waals surface area contributed by atoms with Gasteiger partial charge >= 0.3 is 0 Å². The molecule has 1 atom stereocenters. The van der Waals surface area contributed by atoms with Crippen LogP contribution in [0.25, 0.3) is 0 Å². The van der Waals surface area contributed by atoms with Crippen LogP contribution in [0.5, 0.6) is 5.75 Å². The molecule has 1 unspecified atom stereocenters. The van der Waals surface area contributed by atoms with E-state index in [0.717, 1.165) is 12.2 Å². The Morgan fingerprint density at radius 3 is 2.47 bits per heavy atom. The van der Waals surface area contributed by atoms with E-state index in [4.69, 9.17) is 4.74 Å². The maximum atomic E-state index is 9.54. The largest absolute Gasteiger partial charge is 0.491 e. The highest BCUT2D eigenvalue weighted by Crippen LogP contribution is 2.13. The van der Waals surface area contributed by atoms with Crippen molar-refractivity contribution in [3.63, 3.8) is 0 Å². The van der Waals surface area contributed by atoms with Crippen molar-refractivity contribution < 1.29 is 9.84 Å². The smallest absolute Gasteiger partial charge is 0.119 e. The third kappa shape index (κ3) is 5.36. The molecule has 2 nitrogen and oxygen atoms in total. The van der Waals surface area contributed by atoms with E-state index >= 15 is 0 Å². The van der Waals surface area contributed by atoms with Crippen molar-refractivity contribution >= 4 is 0 Å². The summed E-state index contributed by atoms with van der Waals surface area (Å²) in [6.07, 6.45) is 6.36. The zero-order valence-electron chi connectivity index (χ0n) is 10.0. The van der Waals surface area contributed by atoms with Gasteiger partial charge < -0.3 is 9.84 Å². The van der Waals surface area contributed by atoms with Gasteiger partial charge in [0.25, 0.3) is 0 Å². The standard InChI is InChI=1S/C15H19O2/c1-3-5-7-14(16)12-17-15-10-8-13(6-4-2)9-11-15/h3-4,7-11,14,16H,1-2,5-6,12H2. The van der Waals surface area contributed by atoms with Crippen molar-refractivity contribution in [2.24, 2.45) is 0 Å². The summed E-state index contributed by atoms with van der Waals surface area (Å²) in [6.45, 7) is 7.55. The quantitative estimate of drug-likeness (QED) is 0.697. The Morgan fingerprint density at radius 1 is 1.18 bits per heavy atom. The summed E-state index contributed by atoms with van der Waals surface area (Å²) in [7, 11) is 0. The molecule has 0 amide bonds. The minimum Gasteiger partial charge on any atom is -0.491 e. The van der Waals surface area contributed by atoms with Crippen molar-refractivity contribution in [3.8, 4) is 5.75 Å². The average molecular weight is 231 g/mol. The van der Waals surface area contributed by atoms with Gasteiger partial charge in [-0.3, -0.25) is 0 Å². The molecule has 1 N–H and O–H groups in total. The fourth-order valence-electron chi connectivity index (χ4n) is 1.39. The molecule has 0 aliphatic heterocycles. The Hall–Kier alpha value is -1.54. The summed E-state index contributed by atoms with van der Waals surface area (Å²) in [4.78, 5) is 0. The monoisotopic (exact) mass is 231 g/mol. The SMILES string of the molecule is C=CC[CH]C(O)COc1ccc(CC=C)cc1. The molecule has 0 bridgehead atoms. The minimum absolute atomic E-state index is 0.272. The maximum absolute atomic E-state index is 9.54. The second-order valence-electron chi connectivity index (χ2n) is 3.78. The van der Waals surface area contributed by atoms with Crippen molar-refractivity contribution in [1.82, 2.24) is 0 Å². The lowest BCUT2D eigenvalue weighted by Crippen LogP contribution is -2.17. The van der Waals surface area contributed by atoms with E-state index in [1.165, 1.54) is 5.56 Å². The third-order valence-corrected chi connectivity index (χ3v) is 2.30. The van der Waals surface area contributed by atoms with E-state index in [1.807, 2.05) is 30.3 Å². The molecular formula is C15H19O2. The molecule has 0 fully saturated rings. The van der Waals surface area contributed by atoms with Crippen molar-refractivity contribution in [2.75, 3.05) is 6.61 Å². The fourth-order valence-corrected chi connectivity index (χ4v) is 1.39. The molecule has 0 saturated heterocycles. The average Bonchev–Trinajstić information content (AvgIpc) is 2.36. The van der Waals surface area contributed by atoms with Crippen LogP contribution in [0.1, 0.15) is 12.0 Å². The molecule has 91 valence electrons. The Kier molecular flexibility index (Phi) is 6.12. The van der Waals surface area contributed by atoms with E-state index < -0.39 is 6.10 Å². The van der Waals surface area contributed by atoms with Crippen LogP contribution in [0, 0.1) is 6.42 Å². The van der Waals surface area contributed by atoms with Gasteiger partial charge in [-0.1, -0.05) is 24.3 Å². The summed E-state index contributed by atoms with van der Waals surface area (Å²) < 4.78 is 5.46. The number of hydrogen-bond acceptors (Lipinski definition) is 2. The molecule has 1 radical (unpaired) electrons. The Bertz CT molecular complexity index is 340. The molecule has 17 heavy (non-hydrogen) atoms. The predicted molar refractivity (Wildman–Crippen MR) is 71.0 cm³/mol. The molecule has 1 aromatic carbocycles. The van der Waals surface area contributed by atoms with E-state index in [0.29, 0.717) is 6.42 Å². The summed E-state index contributed by atoms with van der Waals surface area (Å²) in [5.41, 5.74) is 1.20. The van der Waals surface area contributed by atoms with Gasteiger partial charge in [0.2, 0.25) is 0 Å². The molecule has 0 aliphatic rings. The zero-order chi connectivity index (χ0) is 12.5. The maximum Gasteiger partial charge on any atom is 0.119 e. The first kappa shape index (κ1) is 13.5. The third-order valence-electron chi connectivity index (χ3n) is 2.30. The lowest BCUT2D eigenvalue weighted by Gasteiger charge is -2.11. The molecule has 0 heterocycles. The zero-order valence-corrected chi connectivity index (χ0v) is 10.0. The van der Waals surface area contributed by atoms with Gasteiger partial charge in [-0.05, 0) is 37.0 Å². The van der Waals surface area contributed by atoms with Gasteiger partial charge in [0.15, 0.2) is 0 Å². The molecule has 0 aliphatic carbocycles. The molecular weight excluding hydrogens is 212 g/mol. The first-order valence-corrected chi connectivity index (χ1v) is 5.71. The first-order valence-electron chi connectivity index (χ1n) is 5.71. The topological polar surface area (TPSA) is 29.5 Å². The second-order valence-corrected chi connectivity index (χ2v) is 3.78. The van der Waals surface area contributed by atoms with E-state index in [9.17, 15) is 5.11 Å². The predicted octanol–water partition coefficient (Wildman–Crippen LogP) is 2.94. The van der Waals surface area contributed by atoms with Crippen molar-refractivity contribution in [1.29, 1.82) is 0 Å². The Morgan fingerprint density at radius 2 is 1.88 bits per heavy atom. The first-order chi connectivity index (χ1) is 8.26. The molecule has 1 aromatic rings. The molecule has 0 saturated carbocycles. The lowest BCUT2D eigenvalue weighted by atomic mass is 10.1. The number of aliphatic hydroxyl groups excluding tert-OH is 1. The number of rotatable bonds is 8. The van der Waals surface area contributed by atoms with E-state index in [-0.39, 0.29) is 6.61 Å². The van der Waals surface area contributed by atoms with Crippen LogP contribution in [0.2, 0.25) is 0 Å². The van der Waals surface area contributed by atoms with E-state index in [1.54, 1.807) is 12.5 Å². The van der Waals surface area contributed by atoms with Gasteiger partial charge in [0.1, 0.15) is 12.4 Å². The summed E-state index contributed by atoms with van der Waals surface area (Å²) >= 11 is 0. The van der Waals surface area contributed by atoms with E-state index in [2.05, 4.69) is 13.2 Å². The Balaban J connectivity index is 2.35. The second kappa shape index (κ2) is 7.69. The summed E-state index contributed by atoms with van der Waals surface area (Å²) in [6, 6.07) is 7.80. The number of ether oxygens (including phenoxy) is 1. The van der Waals surface area contributed by atoms with Gasteiger partial charge in [-0.25, -0.2) is 0 Å². The molecule has 0 aromatic heterocycles. The van der Waals surface area contributed by atoms with Gasteiger partial charge in [0, 0.05) is 0 Å². The Labute approximate surface area is 103 Å². The van der Waals surface area contributed by atoms with Crippen LogP contribution in [0.15, 0.2) is 49.6 Å². The number of allylic oxidation sites excluding steroid dienone is 2. The van der Waals surface area contributed by atoms with Gasteiger partial charge in [0.05, 0.1) is 6.10 Å². The van der Waals surface area contributed by atoms with Crippen LogP contribution in [0.4, 0.5) is 0 Å². The highest BCUT2D eigenvalue weighted by atomic mass is 16.5. The molecule has 0 spiro atoms. The van der Waals surface area contributed by atoms with Crippen molar-refractivity contribution in [3.05, 3.63) is 61.6 Å². The van der Waals surface area contributed by atoms with Crippen molar-refractivity contribution in [2.45, 2.75) is 18.9 Å². The normalized spacial score (nSPS) is 11.8. The summed E-state index contributed by atoms with van der Waals surface area (Å²) in [5.74, 6) is 0.767. The number of hydrogen-bond donors (Lipinski definition) is 1. The minimum atomic E-state index is -0.555. The number of aliphatic hydroxyl groups is 1. The summed E-state index contributed by atoms with van der Waals surface area (Å²) in [5, 5.41) is 9.54. The highest BCUT2D eigenvalue weighted by Gasteiger charge is 2.04.